The maximum atomic E-state index is 12.0. The van der Waals surface area contributed by atoms with Crippen molar-refractivity contribution < 1.29 is 4.79 Å². The maximum absolute atomic E-state index is 12.0. The Labute approximate surface area is 101 Å². The van der Waals surface area contributed by atoms with Gasteiger partial charge >= 0.3 is 0 Å². The van der Waals surface area contributed by atoms with E-state index in [0.717, 1.165) is 0 Å². The van der Waals surface area contributed by atoms with Crippen molar-refractivity contribution in [3.63, 3.8) is 0 Å². The molecule has 3 heteroatoms. The van der Waals surface area contributed by atoms with Gasteiger partial charge in [-0.15, -0.1) is 0 Å². The fourth-order valence-electron chi connectivity index (χ4n) is 1.51. The van der Waals surface area contributed by atoms with Gasteiger partial charge in [-0.25, -0.2) is 0 Å². The molecule has 1 rings (SSSR count). The van der Waals surface area contributed by atoms with Crippen LogP contribution in [0.2, 0.25) is 5.02 Å². The molecule has 1 aromatic rings. The average molecular weight is 236 g/mol. The Bertz CT molecular complexity index is 403. The van der Waals surface area contributed by atoms with Crippen LogP contribution < -0.4 is 0 Å². The molecule has 0 N–H and O–H groups in total. The maximum Gasteiger partial charge on any atom is 0.179 e. The Morgan fingerprint density at radius 1 is 1.38 bits per heavy atom. The molecule has 1 unspecified atom stereocenters. The first-order valence-corrected chi connectivity index (χ1v) is 5.61. The number of rotatable bonds is 4. The minimum Gasteiger partial charge on any atom is -0.293 e. The number of nitriles is 1. The molecule has 0 spiro atoms. The first kappa shape index (κ1) is 12.7. The highest BCUT2D eigenvalue weighted by atomic mass is 35.5. The van der Waals surface area contributed by atoms with Gasteiger partial charge in [0, 0.05) is 10.6 Å². The lowest BCUT2D eigenvalue weighted by Crippen LogP contribution is -2.15. The summed E-state index contributed by atoms with van der Waals surface area (Å²) in [5.41, 5.74) is 0.552. The topological polar surface area (TPSA) is 40.9 Å². The van der Waals surface area contributed by atoms with E-state index < -0.39 is 5.92 Å². The molecule has 0 aromatic heterocycles. The Morgan fingerprint density at radius 3 is 2.38 bits per heavy atom. The highest BCUT2D eigenvalue weighted by Gasteiger charge is 2.20. The third-order valence-corrected chi connectivity index (χ3v) is 2.56. The summed E-state index contributed by atoms with van der Waals surface area (Å²) in [6, 6.07) is 8.72. The molecule has 0 aliphatic heterocycles. The molecule has 84 valence electrons. The summed E-state index contributed by atoms with van der Waals surface area (Å²) in [5, 5.41) is 9.56. The molecule has 2 nitrogen and oxygen atoms in total. The zero-order valence-electron chi connectivity index (χ0n) is 9.40. The van der Waals surface area contributed by atoms with Gasteiger partial charge in [0.1, 0.15) is 5.92 Å². The SMILES string of the molecule is CC(C)CC(C#N)C(=O)c1ccc(Cl)cc1. The summed E-state index contributed by atoms with van der Waals surface area (Å²) in [4.78, 5) is 12.0. The Hall–Kier alpha value is -1.33. The van der Waals surface area contributed by atoms with Crippen molar-refractivity contribution in [2.24, 2.45) is 11.8 Å². The van der Waals surface area contributed by atoms with Crippen LogP contribution in [0.25, 0.3) is 0 Å². The number of carbonyl (C=O) groups excluding carboxylic acids is 1. The molecule has 1 atom stereocenters. The van der Waals surface area contributed by atoms with Gasteiger partial charge in [0.25, 0.3) is 0 Å². The van der Waals surface area contributed by atoms with Crippen LogP contribution in [0.3, 0.4) is 0 Å². The monoisotopic (exact) mass is 235 g/mol. The van der Waals surface area contributed by atoms with E-state index in [0.29, 0.717) is 22.9 Å². The van der Waals surface area contributed by atoms with Gasteiger partial charge in [-0.05, 0) is 36.6 Å². The zero-order chi connectivity index (χ0) is 12.1. The van der Waals surface area contributed by atoms with E-state index >= 15 is 0 Å². The van der Waals surface area contributed by atoms with Crippen molar-refractivity contribution in [3.05, 3.63) is 34.9 Å². The van der Waals surface area contributed by atoms with Crippen LogP contribution in [0.15, 0.2) is 24.3 Å². The standard InChI is InChI=1S/C13H14ClNO/c1-9(2)7-11(8-15)13(16)10-3-5-12(14)6-4-10/h3-6,9,11H,7H2,1-2H3. The predicted octanol–water partition coefficient (Wildman–Crippen LogP) is 3.71. The van der Waals surface area contributed by atoms with E-state index in [2.05, 4.69) is 6.07 Å². The number of benzene rings is 1. The number of Topliss-reactive ketones (excluding diaryl/α,β-unsaturated/α-hetero) is 1. The van der Waals surface area contributed by atoms with Crippen molar-refractivity contribution in [3.8, 4) is 6.07 Å². The largest absolute Gasteiger partial charge is 0.293 e. The van der Waals surface area contributed by atoms with E-state index in [9.17, 15) is 4.79 Å². The molecule has 0 bridgehead atoms. The van der Waals surface area contributed by atoms with Gasteiger partial charge in [-0.1, -0.05) is 25.4 Å². The van der Waals surface area contributed by atoms with Gasteiger partial charge in [0.15, 0.2) is 5.78 Å². The third-order valence-electron chi connectivity index (χ3n) is 2.31. The number of ketones is 1. The Morgan fingerprint density at radius 2 is 1.94 bits per heavy atom. The minimum absolute atomic E-state index is 0.118. The Balaban J connectivity index is 2.84. The van der Waals surface area contributed by atoms with Gasteiger partial charge in [0.05, 0.1) is 6.07 Å². The number of nitrogens with zero attached hydrogens (tertiary/aromatic N) is 1. The highest BCUT2D eigenvalue weighted by Crippen LogP contribution is 2.18. The summed E-state index contributed by atoms with van der Waals surface area (Å²) in [6.45, 7) is 4.00. The molecule has 0 aliphatic rings. The van der Waals surface area contributed by atoms with E-state index in [-0.39, 0.29) is 5.78 Å². The van der Waals surface area contributed by atoms with E-state index in [4.69, 9.17) is 16.9 Å². The molecular formula is C13H14ClNO. The van der Waals surface area contributed by atoms with E-state index in [1.807, 2.05) is 13.8 Å². The first-order valence-electron chi connectivity index (χ1n) is 5.24. The molecule has 16 heavy (non-hydrogen) atoms. The van der Waals surface area contributed by atoms with Crippen LogP contribution in [0.1, 0.15) is 30.6 Å². The second kappa shape index (κ2) is 5.67. The molecule has 0 aliphatic carbocycles. The molecular weight excluding hydrogens is 222 g/mol. The molecule has 1 aromatic carbocycles. The average Bonchev–Trinajstić information content (AvgIpc) is 2.25. The predicted molar refractivity (Wildman–Crippen MR) is 64.3 cm³/mol. The van der Waals surface area contributed by atoms with Gasteiger partial charge in [-0.3, -0.25) is 4.79 Å². The van der Waals surface area contributed by atoms with Crippen LogP contribution >= 0.6 is 11.6 Å². The summed E-state index contributed by atoms with van der Waals surface area (Å²) in [6.07, 6.45) is 0.595. The van der Waals surface area contributed by atoms with E-state index in [1.165, 1.54) is 0 Å². The second-order valence-electron chi connectivity index (χ2n) is 4.18. The quantitative estimate of drug-likeness (QED) is 0.747. The first-order chi connectivity index (χ1) is 7.54. The van der Waals surface area contributed by atoms with Gasteiger partial charge in [0.2, 0.25) is 0 Å². The fourth-order valence-corrected chi connectivity index (χ4v) is 1.63. The lowest BCUT2D eigenvalue weighted by molar-refractivity contribution is 0.0937. The third kappa shape index (κ3) is 3.36. The number of hydrogen-bond acceptors (Lipinski definition) is 2. The van der Waals surface area contributed by atoms with Crippen molar-refractivity contribution in [2.45, 2.75) is 20.3 Å². The molecule has 0 amide bonds. The summed E-state index contributed by atoms with van der Waals surface area (Å²) in [7, 11) is 0. The van der Waals surface area contributed by atoms with Gasteiger partial charge < -0.3 is 0 Å². The molecule has 0 saturated carbocycles. The number of carbonyl (C=O) groups is 1. The van der Waals surface area contributed by atoms with Gasteiger partial charge in [-0.2, -0.15) is 5.26 Å². The smallest absolute Gasteiger partial charge is 0.179 e. The summed E-state index contributed by atoms with van der Waals surface area (Å²) < 4.78 is 0. The van der Waals surface area contributed by atoms with E-state index in [1.54, 1.807) is 24.3 Å². The lowest BCUT2D eigenvalue weighted by atomic mass is 9.91. The summed E-state index contributed by atoms with van der Waals surface area (Å²) in [5.74, 6) is -0.338. The second-order valence-corrected chi connectivity index (χ2v) is 4.62. The number of hydrogen-bond donors (Lipinski definition) is 0. The van der Waals surface area contributed by atoms with Crippen LogP contribution in [0.4, 0.5) is 0 Å². The van der Waals surface area contributed by atoms with Crippen LogP contribution in [-0.4, -0.2) is 5.78 Å². The summed E-state index contributed by atoms with van der Waals surface area (Å²) >= 11 is 5.74. The highest BCUT2D eigenvalue weighted by molar-refractivity contribution is 6.30. The fraction of sp³-hybridized carbons (Fsp3) is 0.385. The van der Waals surface area contributed by atoms with Crippen LogP contribution in [0.5, 0.6) is 0 Å². The van der Waals surface area contributed by atoms with Crippen LogP contribution in [-0.2, 0) is 0 Å². The minimum atomic E-state index is -0.554. The number of halogens is 1. The molecule has 0 fully saturated rings. The lowest BCUT2D eigenvalue weighted by Gasteiger charge is -2.10. The molecule has 0 heterocycles. The van der Waals surface area contributed by atoms with Crippen molar-refractivity contribution in [2.75, 3.05) is 0 Å². The zero-order valence-corrected chi connectivity index (χ0v) is 10.2. The molecule has 0 radical (unpaired) electrons. The van der Waals surface area contributed by atoms with Crippen molar-refractivity contribution in [1.29, 1.82) is 5.26 Å². The normalized spacial score (nSPS) is 12.2. The van der Waals surface area contributed by atoms with Crippen LogP contribution in [0, 0.1) is 23.2 Å². The van der Waals surface area contributed by atoms with Crippen molar-refractivity contribution >= 4 is 17.4 Å². The Kier molecular flexibility index (Phi) is 4.52. The molecule has 0 saturated heterocycles. The van der Waals surface area contributed by atoms with Crippen molar-refractivity contribution in [1.82, 2.24) is 0 Å².